The number of aliphatic imine (C=N–C) groups is 1. The van der Waals surface area contributed by atoms with E-state index < -0.39 is 0 Å². The Kier molecular flexibility index (Phi) is 1.62. The second-order valence-corrected chi connectivity index (χ2v) is 3.03. The van der Waals surface area contributed by atoms with Crippen LogP contribution >= 0.6 is 0 Å². The van der Waals surface area contributed by atoms with E-state index in [0.717, 1.165) is 11.1 Å². The molecule has 0 fully saturated rings. The van der Waals surface area contributed by atoms with Gasteiger partial charge in [-0.25, -0.2) is 0 Å². The van der Waals surface area contributed by atoms with E-state index in [-0.39, 0.29) is 10.6 Å². The van der Waals surface area contributed by atoms with Crippen LogP contribution in [0.2, 0.25) is 0 Å². The van der Waals surface area contributed by atoms with E-state index in [4.69, 9.17) is 0 Å². The third-order valence-electron chi connectivity index (χ3n) is 2.18. The zero-order chi connectivity index (χ0) is 9.42. The highest BCUT2D eigenvalue weighted by atomic mass is 16.6. The summed E-state index contributed by atoms with van der Waals surface area (Å²) >= 11 is 0. The van der Waals surface area contributed by atoms with Crippen LogP contribution in [-0.2, 0) is 6.54 Å². The summed E-state index contributed by atoms with van der Waals surface area (Å²) in [5.41, 5.74) is 2.53. The van der Waals surface area contributed by atoms with E-state index in [1.54, 1.807) is 19.2 Å². The fourth-order valence-electron chi connectivity index (χ4n) is 1.55. The Morgan fingerprint density at radius 1 is 1.54 bits per heavy atom. The van der Waals surface area contributed by atoms with E-state index in [2.05, 4.69) is 4.99 Å². The highest BCUT2D eigenvalue weighted by Gasteiger charge is 2.21. The lowest BCUT2D eigenvalue weighted by molar-refractivity contribution is -0.386. The predicted molar refractivity (Wildman–Crippen MR) is 49.1 cm³/mol. The van der Waals surface area contributed by atoms with Crippen molar-refractivity contribution in [1.82, 2.24) is 0 Å². The minimum absolute atomic E-state index is 0.218. The Labute approximate surface area is 75.1 Å². The summed E-state index contributed by atoms with van der Waals surface area (Å²) in [7, 11) is 0. The van der Waals surface area contributed by atoms with Gasteiger partial charge in [-0.1, -0.05) is 12.1 Å². The van der Waals surface area contributed by atoms with Crippen LogP contribution in [0.4, 0.5) is 5.69 Å². The maximum Gasteiger partial charge on any atom is 0.277 e. The smallest absolute Gasteiger partial charge is 0.277 e. The molecule has 4 nitrogen and oxygen atoms in total. The molecule has 0 amide bonds. The molecule has 0 aliphatic carbocycles. The molecule has 0 unspecified atom stereocenters. The summed E-state index contributed by atoms with van der Waals surface area (Å²) in [4.78, 5) is 14.4. The van der Waals surface area contributed by atoms with Gasteiger partial charge in [0, 0.05) is 17.3 Å². The van der Waals surface area contributed by atoms with Crippen LogP contribution in [0, 0.1) is 17.0 Å². The molecule has 1 aromatic rings. The lowest BCUT2D eigenvalue weighted by Crippen LogP contribution is -1.98. The first-order valence-electron chi connectivity index (χ1n) is 3.97. The average Bonchev–Trinajstić information content (AvgIpc) is 2.50. The minimum Gasteiger partial charge on any atom is -0.288 e. The van der Waals surface area contributed by atoms with Crippen molar-refractivity contribution in [3.63, 3.8) is 0 Å². The highest BCUT2D eigenvalue weighted by Crippen LogP contribution is 2.28. The lowest BCUT2D eigenvalue weighted by Gasteiger charge is -2.01. The maximum absolute atomic E-state index is 10.7. The van der Waals surface area contributed by atoms with Crippen molar-refractivity contribution in [2.75, 3.05) is 0 Å². The van der Waals surface area contributed by atoms with Gasteiger partial charge in [0.05, 0.1) is 17.0 Å². The van der Waals surface area contributed by atoms with E-state index >= 15 is 0 Å². The van der Waals surface area contributed by atoms with Gasteiger partial charge in [-0.2, -0.15) is 0 Å². The summed E-state index contributed by atoms with van der Waals surface area (Å²) in [6, 6.07) is 3.63. The predicted octanol–water partition coefficient (Wildman–Crippen LogP) is 1.84. The summed E-state index contributed by atoms with van der Waals surface area (Å²) in [5.74, 6) is 0. The number of hydrogen-bond donors (Lipinski definition) is 0. The normalized spacial score (nSPS) is 13.0. The fourth-order valence-corrected chi connectivity index (χ4v) is 1.55. The zero-order valence-electron chi connectivity index (χ0n) is 7.15. The van der Waals surface area contributed by atoms with Gasteiger partial charge in [-0.15, -0.1) is 0 Å². The van der Waals surface area contributed by atoms with E-state index in [0.29, 0.717) is 12.1 Å². The summed E-state index contributed by atoms with van der Waals surface area (Å²) in [5, 5.41) is 10.7. The molecular weight excluding hydrogens is 168 g/mol. The molecule has 0 saturated heterocycles. The molecule has 0 saturated carbocycles. The Bertz CT molecular complexity index is 410. The largest absolute Gasteiger partial charge is 0.288 e. The van der Waals surface area contributed by atoms with Crippen LogP contribution in [0.3, 0.4) is 0 Å². The van der Waals surface area contributed by atoms with E-state index in [1.807, 2.05) is 6.07 Å². The average molecular weight is 176 g/mol. The quantitative estimate of drug-likeness (QED) is 0.484. The lowest BCUT2D eigenvalue weighted by atomic mass is 10.0. The number of nitro benzene ring substituents is 1. The number of nitro groups is 1. The Balaban J connectivity index is 2.68. The molecule has 1 aliphatic heterocycles. The van der Waals surface area contributed by atoms with Crippen molar-refractivity contribution in [2.24, 2.45) is 4.99 Å². The van der Waals surface area contributed by atoms with Gasteiger partial charge in [-0.3, -0.25) is 15.1 Å². The highest BCUT2D eigenvalue weighted by molar-refractivity contribution is 5.86. The zero-order valence-corrected chi connectivity index (χ0v) is 7.15. The van der Waals surface area contributed by atoms with Crippen LogP contribution < -0.4 is 0 Å². The first-order chi connectivity index (χ1) is 6.20. The molecule has 1 aliphatic rings. The van der Waals surface area contributed by atoms with Gasteiger partial charge in [0.15, 0.2) is 0 Å². The Hall–Kier alpha value is -1.71. The fraction of sp³-hybridized carbons (Fsp3) is 0.222. The van der Waals surface area contributed by atoms with Gasteiger partial charge < -0.3 is 0 Å². The first-order valence-corrected chi connectivity index (χ1v) is 3.97. The molecular formula is C9H8N2O2. The van der Waals surface area contributed by atoms with Crippen molar-refractivity contribution in [3.8, 4) is 0 Å². The van der Waals surface area contributed by atoms with Crippen molar-refractivity contribution in [1.29, 1.82) is 0 Å². The van der Waals surface area contributed by atoms with Crippen molar-refractivity contribution < 1.29 is 4.92 Å². The minimum atomic E-state index is -0.331. The summed E-state index contributed by atoms with van der Waals surface area (Å²) < 4.78 is 0. The van der Waals surface area contributed by atoms with Crippen LogP contribution in [-0.4, -0.2) is 11.1 Å². The van der Waals surface area contributed by atoms with Gasteiger partial charge in [-0.05, 0) is 6.92 Å². The molecule has 4 heteroatoms. The number of rotatable bonds is 1. The third-order valence-corrected chi connectivity index (χ3v) is 2.18. The Morgan fingerprint density at radius 3 is 3.00 bits per heavy atom. The monoisotopic (exact) mass is 176 g/mol. The standard InChI is InChI=1S/C9H8N2O2/c1-6-2-3-7-4-10-5-8(7)9(6)11(12)13/h2-4H,5H2,1H3. The van der Waals surface area contributed by atoms with Gasteiger partial charge in [0.1, 0.15) is 0 Å². The third kappa shape index (κ3) is 1.11. The number of hydrogen-bond acceptors (Lipinski definition) is 3. The first kappa shape index (κ1) is 7.91. The second kappa shape index (κ2) is 2.65. The summed E-state index contributed by atoms with van der Waals surface area (Å²) in [6.45, 7) is 2.18. The maximum atomic E-state index is 10.7. The number of benzene rings is 1. The van der Waals surface area contributed by atoms with Crippen molar-refractivity contribution in [3.05, 3.63) is 38.9 Å². The second-order valence-electron chi connectivity index (χ2n) is 3.03. The van der Waals surface area contributed by atoms with E-state index in [9.17, 15) is 10.1 Å². The number of aryl methyl sites for hydroxylation is 1. The molecule has 0 N–H and O–H groups in total. The van der Waals surface area contributed by atoms with E-state index in [1.165, 1.54) is 0 Å². The molecule has 0 aromatic heterocycles. The van der Waals surface area contributed by atoms with Crippen LogP contribution in [0.25, 0.3) is 0 Å². The molecule has 2 rings (SSSR count). The number of fused-ring (bicyclic) bond motifs is 1. The molecule has 1 heterocycles. The molecule has 1 aromatic carbocycles. The van der Waals surface area contributed by atoms with Crippen LogP contribution in [0.1, 0.15) is 16.7 Å². The van der Waals surface area contributed by atoms with Crippen molar-refractivity contribution >= 4 is 11.9 Å². The number of nitrogens with zero attached hydrogens (tertiary/aromatic N) is 2. The van der Waals surface area contributed by atoms with Crippen LogP contribution in [0.15, 0.2) is 17.1 Å². The molecule has 0 radical (unpaired) electrons. The molecule has 0 spiro atoms. The Morgan fingerprint density at radius 2 is 2.31 bits per heavy atom. The topological polar surface area (TPSA) is 55.5 Å². The van der Waals surface area contributed by atoms with Crippen molar-refractivity contribution in [2.45, 2.75) is 13.5 Å². The molecule has 66 valence electrons. The SMILES string of the molecule is Cc1ccc2c(c1[N+](=O)[O-])CN=C2. The molecule has 13 heavy (non-hydrogen) atoms. The van der Waals surface area contributed by atoms with Gasteiger partial charge in [0.2, 0.25) is 0 Å². The molecule has 0 atom stereocenters. The van der Waals surface area contributed by atoms with Gasteiger partial charge in [0.25, 0.3) is 5.69 Å². The molecule has 0 bridgehead atoms. The summed E-state index contributed by atoms with van der Waals surface area (Å²) in [6.07, 6.45) is 1.68. The van der Waals surface area contributed by atoms with Crippen LogP contribution in [0.5, 0.6) is 0 Å². The van der Waals surface area contributed by atoms with Gasteiger partial charge >= 0.3 is 0 Å².